The molecule has 1 N–H and O–H groups in total. The van der Waals surface area contributed by atoms with Crippen LogP contribution in [0, 0.1) is 0 Å². The fourth-order valence-corrected chi connectivity index (χ4v) is 1.69. The van der Waals surface area contributed by atoms with Crippen molar-refractivity contribution in [3.05, 3.63) is 29.3 Å². The molecular formula is C10H11ClN2O. The van der Waals surface area contributed by atoms with E-state index in [1.165, 1.54) is 0 Å². The van der Waals surface area contributed by atoms with Gasteiger partial charge >= 0.3 is 6.03 Å². The Morgan fingerprint density at radius 1 is 1.57 bits per heavy atom. The summed E-state index contributed by atoms with van der Waals surface area (Å²) in [5.74, 6) is 0.505. The topological polar surface area (TPSA) is 32.3 Å². The molecule has 2 amide bonds. The lowest BCUT2D eigenvalue weighted by molar-refractivity contribution is 0.218. The summed E-state index contributed by atoms with van der Waals surface area (Å²) in [6.45, 7) is 0.645. The Bertz CT molecular complexity index is 378. The molecule has 0 bridgehead atoms. The van der Waals surface area contributed by atoms with Gasteiger partial charge in [0, 0.05) is 25.2 Å². The fraction of sp³-hybridized carbons (Fsp3) is 0.300. The monoisotopic (exact) mass is 210 g/mol. The Kier molecular flexibility index (Phi) is 2.33. The smallest absolute Gasteiger partial charge is 0.321 e. The minimum Gasteiger partial charge on any atom is -0.323 e. The van der Waals surface area contributed by atoms with E-state index in [0.717, 1.165) is 16.8 Å². The van der Waals surface area contributed by atoms with Gasteiger partial charge in [-0.25, -0.2) is 4.79 Å². The van der Waals surface area contributed by atoms with Gasteiger partial charge in [-0.2, -0.15) is 0 Å². The zero-order chi connectivity index (χ0) is 10.1. The molecule has 14 heavy (non-hydrogen) atoms. The number of halogens is 1. The van der Waals surface area contributed by atoms with E-state index in [0.29, 0.717) is 12.4 Å². The lowest BCUT2D eigenvalue weighted by Crippen LogP contribution is -2.35. The Labute approximate surface area is 87.7 Å². The third kappa shape index (κ3) is 1.55. The Hall–Kier alpha value is -1.22. The first-order chi connectivity index (χ1) is 6.70. The molecule has 2 rings (SSSR count). The maximum absolute atomic E-state index is 11.3. The highest BCUT2D eigenvalue weighted by Crippen LogP contribution is 2.24. The van der Waals surface area contributed by atoms with Gasteiger partial charge in [-0.1, -0.05) is 12.1 Å². The van der Waals surface area contributed by atoms with Gasteiger partial charge in [0.1, 0.15) is 0 Å². The van der Waals surface area contributed by atoms with E-state index in [4.69, 9.17) is 11.6 Å². The minimum absolute atomic E-state index is 0.0591. The maximum atomic E-state index is 11.3. The zero-order valence-electron chi connectivity index (χ0n) is 7.88. The van der Waals surface area contributed by atoms with Crippen LogP contribution in [-0.4, -0.2) is 18.0 Å². The Morgan fingerprint density at radius 3 is 3.07 bits per heavy atom. The molecule has 1 aliphatic rings. The fourth-order valence-electron chi connectivity index (χ4n) is 1.52. The number of nitrogens with zero attached hydrogens (tertiary/aromatic N) is 1. The predicted molar refractivity (Wildman–Crippen MR) is 56.5 cm³/mol. The number of hydrogen-bond donors (Lipinski definition) is 1. The molecule has 0 aliphatic carbocycles. The van der Waals surface area contributed by atoms with Crippen LogP contribution in [0.4, 0.5) is 10.5 Å². The first kappa shape index (κ1) is 9.34. The van der Waals surface area contributed by atoms with Crippen molar-refractivity contribution in [1.29, 1.82) is 0 Å². The number of nitrogens with one attached hydrogen (secondary N) is 1. The van der Waals surface area contributed by atoms with Gasteiger partial charge in [0.25, 0.3) is 0 Å². The van der Waals surface area contributed by atoms with Crippen molar-refractivity contribution in [3.8, 4) is 0 Å². The van der Waals surface area contributed by atoms with E-state index in [9.17, 15) is 4.79 Å². The molecule has 0 saturated carbocycles. The van der Waals surface area contributed by atoms with Crippen LogP contribution in [-0.2, 0) is 12.4 Å². The maximum Gasteiger partial charge on any atom is 0.321 e. The molecule has 74 valence electrons. The van der Waals surface area contributed by atoms with E-state index >= 15 is 0 Å². The van der Waals surface area contributed by atoms with Crippen molar-refractivity contribution in [2.75, 3.05) is 12.4 Å². The molecule has 3 nitrogen and oxygen atoms in total. The van der Waals surface area contributed by atoms with Crippen LogP contribution in [0.25, 0.3) is 0 Å². The van der Waals surface area contributed by atoms with Crippen molar-refractivity contribution >= 4 is 23.3 Å². The molecule has 0 fully saturated rings. The number of alkyl halides is 1. The number of anilines is 1. The van der Waals surface area contributed by atoms with E-state index < -0.39 is 0 Å². The quantitative estimate of drug-likeness (QED) is 0.710. The first-order valence-electron chi connectivity index (χ1n) is 4.40. The van der Waals surface area contributed by atoms with E-state index in [2.05, 4.69) is 5.32 Å². The highest BCUT2D eigenvalue weighted by molar-refractivity contribution is 6.17. The molecule has 0 atom stereocenters. The second kappa shape index (κ2) is 3.50. The van der Waals surface area contributed by atoms with Crippen LogP contribution in [0.5, 0.6) is 0 Å². The Morgan fingerprint density at radius 2 is 2.36 bits per heavy atom. The van der Waals surface area contributed by atoms with Crippen LogP contribution in [0.2, 0.25) is 0 Å². The normalized spacial score (nSPS) is 15.0. The second-order valence-electron chi connectivity index (χ2n) is 3.41. The standard InChI is InChI=1S/C10H11ClN2O/c1-13-6-8-4-7(5-11)2-3-9(8)12-10(13)14/h2-4H,5-6H2,1H3,(H,12,14). The van der Waals surface area contributed by atoms with Crippen LogP contribution >= 0.6 is 11.6 Å². The highest BCUT2D eigenvalue weighted by Gasteiger charge is 2.18. The van der Waals surface area contributed by atoms with Crippen molar-refractivity contribution < 1.29 is 4.79 Å². The second-order valence-corrected chi connectivity index (χ2v) is 3.68. The predicted octanol–water partition coefficient (Wildman–Crippen LogP) is 2.40. The summed E-state index contributed by atoms with van der Waals surface area (Å²) >= 11 is 5.73. The summed E-state index contributed by atoms with van der Waals surface area (Å²) in [6.07, 6.45) is 0. The van der Waals surface area contributed by atoms with Gasteiger partial charge in [0.2, 0.25) is 0 Å². The average molecular weight is 211 g/mol. The van der Waals surface area contributed by atoms with Crippen LogP contribution in [0.1, 0.15) is 11.1 Å². The molecule has 0 radical (unpaired) electrons. The number of carbonyl (C=O) groups excluding carboxylic acids is 1. The highest BCUT2D eigenvalue weighted by atomic mass is 35.5. The van der Waals surface area contributed by atoms with Crippen LogP contribution in [0.15, 0.2) is 18.2 Å². The zero-order valence-corrected chi connectivity index (χ0v) is 8.64. The summed E-state index contributed by atoms with van der Waals surface area (Å²) in [6, 6.07) is 5.80. The molecule has 1 aromatic carbocycles. The number of rotatable bonds is 1. The van der Waals surface area contributed by atoms with E-state index in [1.807, 2.05) is 18.2 Å². The van der Waals surface area contributed by atoms with Gasteiger partial charge in [0.05, 0.1) is 0 Å². The summed E-state index contributed by atoms with van der Waals surface area (Å²) < 4.78 is 0. The third-order valence-corrected chi connectivity index (χ3v) is 2.63. The van der Waals surface area contributed by atoms with E-state index in [1.54, 1.807) is 11.9 Å². The molecule has 0 aromatic heterocycles. The molecule has 1 aromatic rings. The number of carbonyl (C=O) groups is 1. The van der Waals surface area contributed by atoms with Crippen molar-refractivity contribution in [3.63, 3.8) is 0 Å². The van der Waals surface area contributed by atoms with Gasteiger partial charge in [0.15, 0.2) is 0 Å². The molecule has 1 aliphatic heterocycles. The third-order valence-electron chi connectivity index (χ3n) is 2.32. The summed E-state index contributed by atoms with van der Waals surface area (Å²) in [4.78, 5) is 12.9. The summed E-state index contributed by atoms with van der Waals surface area (Å²) in [5.41, 5.74) is 3.09. The SMILES string of the molecule is CN1Cc2cc(CCl)ccc2NC1=O. The number of urea groups is 1. The number of hydrogen-bond acceptors (Lipinski definition) is 1. The van der Waals surface area contributed by atoms with Crippen molar-refractivity contribution in [1.82, 2.24) is 4.90 Å². The van der Waals surface area contributed by atoms with E-state index in [-0.39, 0.29) is 6.03 Å². The molecule has 1 heterocycles. The average Bonchev–Trinajstić information content (AvgIpc) is 2.19. The van der Waals surface area contributed by atoms with Crippen molar-refractivity contribution in [2.24, 2.45) is 0 Å². The van der Waals surface area contributed by atoms with Gasteiger partial charge in [-0.15, -0.1) is 11.6 Å². The van der Waals surface area contributed by atoms with Crippen molar-refractivity contribution in [2.45, 2.75) is 12.4 Å². The van der Waals surface area contributed by atoms with Crippen LogP contribution in [0.3, 0.4) is 0 Å². The lowest BCUT2D eigenvalue weighted by Gasteiger charge is -2.26. The number of benzene rings is 1. The Balaban J connectivity index is 2.37. The first-order valence-corrected chi connectivity index (χ1v) is 4.94. The molecule has 0 unspecified atom stereocenters. The molecule has 4 heteroatoms. The van der Waals surface area contributed by atoms with Gasteiger partial charge in [-0.05, 0) is 17.2 Å². The van der Waals surface area contributed by atoms with Gasteiger partial charge < -0.3 is 10.2 Å². The molecule has 0 saturated heterocycles. The lowest BCUT2D eigenvalue weighted by atomic mass is 10.1. The minimum atomic E-state index is -0.0591. The summed E-state index contributed by atoms with van der Waals surface area (Å²) in [7, 11) is 1.77. The number of amides is 2. The number of fused-ring (bicyclic) bond motifs is 1. The molecular weight excluding hydrogens is 200 g/mol. The van der Waals surface area contributed by atoms with Gasteiger partial charge in [-0.3, -0.25) is 0 Å². The van der Waals surface area contributed by atoms with Crippen LogP contribution < -0.4 is 5.32 Å². The summed E-state index contributed by atoms with van der Waals surface area (Å²) in [5, 5.41) is 2.80. The largest absolute Gasteiger partial charge is 0.323 e. The molecule has 0 spiro atoms.